The largest absolute Gasteiger partial charge is 0.340 e. The third-order valence-electron chi connectivity index (χ3n) is 3.32. The minimum atomic E-state index is -0.121. The summed E-state index contributed by atoms with van der Waals surface area (Å²) in [4.78, 5) is 14.9. The van der Waals surface area contributed by atoms with Crippen molar-refractivity contribution in [3.05, 3.63) is 0 Å². The van der Waals surface area contributed by atoms with Crippen LogP contribution in [0.15, 0.2) is 0 Å². The number of carbonyl (C=O) groups is 1. The number of piperidine rings is 1. The molecule has 0 bridgehead atoms. The van der Waals surface area contributed by atoms with Crippen LogP contribution in [0, 0.1) is 0 Å². The number of halogens is 1. The Hall–Kier alpha value is 0.300. The van der Waals surface area contributed by atoms with Gasteiger partial charge in [0, 0.05) is 17.9 Å². The zero-order chi connectivity index (χ0) is 10.9. The zero-order valence-corrected chi connectivity index (χ0v) is 11.6. The fraction of sp³-hybridized carbons (Fsp3) is 0.909. The number of hydrogen-bond acceptors (Lipinski definition) is 2. The predicted octanol–water partition coefficient (Wildman–Crippen LogP) is 2.66. The summed E-state index contributed by atoms with van der Waals surface area (Å²) in [6, 6.07) is 0. The average Bonchev–Trinajstić information content (AvgIpc) is 2.65. The minimum absolute atomic E-state index is 0.121. The van der Waals surface area contributed by atoms with Crippen LogP contribution in [0.1, 0.15) is 32.6 Å². The Labute approximate surface area is 104 Å². The maximum Gasteiger partial charge on any atom is 0.238 e. The van der Waals surface area contributed by atoms with Gasteiger partial charge in [0.25, 0.3) is 0 Å². The molecule has 0 aromatic rings. The maximum atomic E-state index is 12.4. The van der Waals surface area contributed by atoms with Crippen LogP contribution in [0.5, 0.6) is 0 Å². The molecule has 2 unspecified atom stereocenters. The Balaban J connectivity index is 2.00. The van der Waals surface area contributed by atoms with Crippen LogP contribution in [-0.2, 0) is 4.79 Å². The average molecular weight is 292 g/mol. The van der Waals surface area contributed by atoms with Crippen LogP contribution in [0.25, 0.3) is 0 Å². The van der Waals surface area contributed by atoms with Crippen molar-refractivity contribution in [1.82, 2.24) is 4.90 Å². The van der Waals surface area contributed by atoms with Crippen LogP contribution >= 0.6 is 27.7 Å². The Morgan fingerprint density at radius 3 is 2.93 bits per heavy atom. The van der Waals surface area contributed by atoms with E-state index in [0.29, 0.717) is 10.7 Å². The molecule has 0 aromatic carbocycles. The molecule has 0 saturated carbocycles. The number of alkyl halides is 1. The van der Waals surface area contributed by atoms with Gasteiger partial charge in [0.15, 0.2) is 0 Å². The molecule has 0 aliphatic carbocycles. The summed E-state index contributed by atoms with van der Waals surface area (Å²) in [6.45, 7) is 3.97. The van der Waals surface area contributed by atoms with Gasteiger partial charge in [-0.3, -0.25) is 4.79 Å². The molecule has 2 saturated heterocycles. The molecule has 2 rings (SSSR count). The monoisotopic (exact) mass is 291 g/mol. The third-order valence-corrected chi connectivity index (χ3v) is 5.58. The third kappa shape index (κ3) is 2.52. The molecule has 0 radical (unpaired) electrons. The van der Waals surface area contributed by atoms with Crippen LogP contribution in [0.3, 0.4) is 0 Å². The zero-order valence-electron chi connectivity index (χ0n) is 9.17. The van der Waals surface area contributed by atoms with E-state index < -0.39 is 0 Å². The Kier molecular flexibility index (Phi) is 3.66. The number of amides is 1. The molecule has 0 spiro atoms. The van der Waals surface area contributed by atoms with Gasteiger partial charge in [-0.25, -0.2) is 0 Å². The lowest BCUT2D eigenvalue weighted by Gasteiger charge is -2.35. The van der Waals surface area contributed by atoms with Crippen molar-refractivity contribution >= 4 is 33.6 Å². The summed E-state index contributed by atoms with van der Waals surface area (Å²) in [5.74, 6) is 1.52. The Morgan fingerprint density at radius 2 is 2.33 bits per heavy atom. The number of nitrogens with zero attached hydrogens (tertiary/aromatic N) is 1. The van der Waals surface area contributed by atoms with Gasteiger partial charge in [0.2, 0.25) is 5.91 Å². The molecular weight excluding hydrogens is 274 g/mol. The highest BCUT2D eigenvalue weighted by Gasteiger charge is 2.40. The first-order chi connectivity index (χ1) is 7.12. The van der Waals surface area contributed by atoms with Crippen molar-refractivity contribution in [3.8, 4) is 0 Å². The summed E-state index contributed by atoms with van der Waals surface area (Å²) in [6.07, 6.45) is 4.59. The summed E-state index contributed by atoms with van der Waals surface area (Å²) < 4.78 is -0.121. The van der Waals surface area contributed by atoms with Crippen LogP contribution in [-0.4, -0.2) is 39.2 Å². The number of rotatable bonds is 1. The van der Waals surface area contributed by atoms with Crippen LogP contribution in [0.4, 0.5) is 0 Å². The Morgan fingerprint density at radius 1 is 1.53 bits per heavy atom. The van der Waals surface area contributed by atoms with Crippen molar-refractivity contribution < 1.29 is 4.79 Å². The quantitative estimate of drug-likeness (QED) is 0.693. The second-order valence-electron chi connectivity index (χ2n) is 4.67. The number of thioether (sulfide) groups is 1. The molecule has 2 aliphatic rings. The Bertz CT molecular complexity index is 253. The second-order valence-corrected chi connectivity index (χ2v) is 7.57. The van der Waals surface area contributed by atoms with Gasteiger partial charge in [0.1, 0.15) is 0 Å². The van der Waals surface area contributed by atoms with Gasteiger partial charge in [0.05, 0.1) is 4.75 Å². The summed E-state index contributed by atoms with van der Waals surface area (Å²) in [7, 11) is 0. The van der Waals surface area contributed by atoms with E-state index >= 15 is 0 Å². The van der Waals surface area contributed by atoms with Gasteiger partial charge in [-0.15, -0.1) is 11.8 Å². The number of carbonyl (C=O) groups excluding carboxylic acids is 1. The van der Waals surface area contributed by atoms with Gasteiger partial charge in [-0.1, -0.05) is 15.9 Å². The highest BCUT2D eigenvalue weighted by Crippen LogP contribution is 2.39. The fourth-order valence-electron chi connectivity index (χ4n) is 2.39. The first-order valence-corrected chi connectivity index (χ1v) is 7.59. The van der Waals surface area contributed by atoms with Gasteiger partial charge in [-0.2, -0.15) is 0 Å². The van der Waals surface area contributed by atoms with Gasteiger partial charge in [-0.05, 0) is 38.4 Å². The highest BCUT2D eigenvalue weighted by molar-refractivity contribution is 9.09. The first kappa shape index (κ1) is 11.8. The van der Waals surface area contributed by atoms with Crippen molar-refractivity contribution in [2.24, 2.45) is 0 Å². The number of hydrogen-bond donors (Lipinski definition) is 0. The molecule has 86 valence electrons. The molecule has 2 aliphatic heterocycles. The van der Waals surface area contributed by atoms with E-state index in [1.165, 1.54) is 12.8 Å². The van der Waals surface area contributed by atoms with E-state index in [9.17, 15) is 4.79 Å². The van der Waals surface area contributed by atoms with Gasteiger partial charge < -0.3 is 4.90 Å². The number of likely N-dealkylation sites (tertiary alicyclic amines) is 1. The summed E-state index contributed by atoms with van der Waals surface area (Å²) in [5.41, 5.74) is 0. The SMILES string of the molecule is CC1(C(=O)N2CCCC(Br)C2)CCCS1. The van der Waals surface area contributed by atoms with Crippen LogP contribution in [0.2, 0.25) is 0 Å². The maximum absolute atomic E-state index is 12.4. The molecule has 2 fully saturated rings. The molecule has 0 aromatic heterocycles. The molecule has 4 heteroatoms. The summed E-state index contributed by atoms with van der Waals surface area (Å²) in [5, 5.41) is 0. The molecule has 0 N–H and O–H groups in total. The standard InChI is InChI=1S/C11H18BrNOS/c1-11(5-3-7-15-11)10(14)13-6-2-4-9(12)8-13/h9H,2-8H2,1H3. The van der Waals surface area contributed by atoms with E-state index in [2.05, 4.69) is 27.8 Å². The van der Waals surface area contributed by atoms with E-state index in [1.807, 2.05) is 11.8 Å². The lowest BCUT2D eigenvalue weighted by molar-refractivity contribution is -0.134. The van der Waals surface area contributed by atoms with Crippen molar-refractivity contribution in [1.29, 1.82) is 0 Å². The minimum Gasteiger partial charge on any atom is -0.340 e. The van der Waals surface area contributed by atoms with Crippen LogP contribution < -0.4 is 0 Å². The molecular formula is C11H18BrNOS. The molecule has 2 heterocycles. The molecule has 1 amide bonds. The fourth-order valence-corrected chi connectivity index (χ4v) is 4.35. The lowest BCUT2D eigenvalue weighted by atomic mass is 10.0. The van der Waals surface area contributed by atoms with Crippen molar-refractivity contribution in [2.75, 3.05) is 18.8 Å². The molecule has 2 nitrogen and oxygen atoms in total. The highest BCUT2D eigenvalue weighted by atomic mass is 79.9. The second kappa shape index (κ2) is 4.66. The normalized spacial score (nSPS) is 36.9. The lowest BCUT2D eigenvalue weighted by Crippen LogP contribution is -2.48. The van der Waals surface area contributed by atoms with E-state index in [-0.39, 0.29) is 4.75 Å². The van der Waals surface area contributed by atoms with Crippen molar-refractivity contribution in [3.63, 3.8) is 0 Å². The van der Waals surface area contributed by atoms with Crippen molar-refractivity contribution in [2.45, 2.75) is 42.2 Å². The molecule has 15 heavy (non-hydrogen) atoms. The van der Waals surface area contributed by atoms with Gasteiger partial charge >= 0.3 is 0 Å². The first-order valence-electron chi connectivity index (χ1n) is 5.69. The topological polar surface area (TPSA) is 20.3 Å². The summed E-state index contributed by atoms with van der Waals surface area (Å²) >= 11 is 5.46. The van der Waals surface area contributed by atoms with E-state index in [0.717, 1.165) is 31.7 Å². The smallest absolute Gasteiger partial charge is 0.238 e. The molecule has 2 atom stereocenters. The predicted molar refractivity (Wildman–Crippen MR) is 68.6 cm³/mol. The van der Waals surface area contributed by atoms with E-state index in [4.69, 9.17) is 0 Å². The van der Waals surface area contributed by atoms with E-state index in [1.54, 1.807) is 0 Å².